The maximum absolute atomic E-state index is 14.7. The summed E-state index contributed by atoms with van der Waals surface area (Å²) in [6.45, 7) is 1.14. The highest BCUT2D eigenvalue weighted by atomic mass is 19.1. The van der Waals surface area contributed by atoms with Crippen molar-refractivity contribution in [3.8, 4) is 5.75 Å². The molecule has 7 heteroatoms. The van der Waals surface area contributed by atoms with Gasteiger partial charge in [-0.25, -0.2) is 8.78 Å². The van der Waals surface area contributed by atoms with E-state index in [1.54, 1.807) is 41.1 Å². The van der Waals surface area contributed by atoms with Crippen molar-refractivity contribution in [1.82, 2.24) is 9.80 Å². The van der Waals surface area contributed by atoms with Crippen LogP contribution in [0.4, 0.5) is 8.78 Å². The Morgan fingerprint density at radius 2 is 1.62 bits per heavy atom. The van der Waals surface area contributed by atoms with Gasteiger partial charge in [0.05, 0.1) is 17.2 Å². The standard InChI is InChI=1S/C30H32F2N2O3/c1-33-17-9-2-3-10-18-34(30(36)25-16-15-23(31)20-27(25)32)24(19-22-11-5-4-6-12-22)21-37-28-14-8-7-13-26(28)29(33)35/h4-8,11-16,20,24H,2-3,9-10,17-19,21H2,1H3/t24-/m1/s1. The van der Waals surface area contributed by atoms with Crippen molar-refractivity contribution in [1.29, 1.82) is 0 Å². The Bertz CT molecular complexity index is 1220. The molecule has 2 amide bonds. The van der Waals surface area contributed by atoms with E-state index in [1.165, 1.54) is 6.07 Å². The molecule has 0 aromatic heterocycles. The first kappa shape index (κ1) is 26.3. The number of carbonyl (C=O) groups excluding carboxylic acids is 2. The minimum Gasteiger partial charge on any atom is -0.491 e. The highest BCUT2D eigenvalue weighted by Crippen LogP contribution is 2.23. The molecule has 0 saturated carbocycles. The van der Waals surface area contributed by atoms with Crippen molar-refractivity contribution in [2.75, 3.05) is 26.7 Å². The van der Waals surface area contributed by atoms with E-state index in [4.69, 9.17) is 4.74 Å². The third kappa shape index (κ3) is 6.73. The molecule has 194 valence electrons. The van der Waals surface area contributed by atoms with Crippen molar-refractivity contribution in [2.24, 2.45) is 0 Å². The number of ether oxygens (including phenoxy) is 1. The van der Waals surface area contributed by atoms with Gasteiger partial charge in [0, 0.05) is 26.2 Å². The number of fused-ring (bicyclic) bond motifs is 1. The van der Waals surface area contributed by atoms with Crippen molar-refractivity contribution in [3.63, 3.8) is 0 Å². The van der Waals surface area contributed by atoms with Crippen LogP contribution < -0.4 is 4.74 Å². The van der Waals surface area contributed by atoms with E-state index in [-0.39, 0.29) is 18.1 Å². The Morgan fingerprint density at radius 3 is 2.38 bits per heavy atom. The number of amides is 2. The van der Waals surface area contributed by atoms with Crippen molar-refractivity contribution in [3.05, 3.63) is 101 Å². The zero-order chi connectivity index (χ0) is 26.2. The Morgan fingerprint density at radius 1 is 0.919 bits per heavy atom. The average Bonchev–Trinajstić information content (AvgIpc) is 2.90. The van der Waals surface area contributed by atoms with Crippen LogP contribution in [0.3, 0.4) is 0 Å². The van der Waals surface area contributed by atoms with Crippen LogP contribution in [0.2, 0.25) is 0 Å². The Balaban J connectivity index is 1.70. The van der Waals surface area contributed by atoms with Crippen LogP contribution in [0.1, 0.15) is 52.0 Å². The highest BCUT2D eigenvalue weighted by Gasteiger charge is 2.28. The third-order valence-corrected chi connectivity index (χ3v) is 6.72. The van der Waals surface area contributed by atoms with Gasteiger partial charge in [-0.15, -0.1) is 0 Å². The quantitative estimate of drug-likeness (QED) is 0.455. The first-order valence-electron chi connectivity index (χ1n) is 12.7. The Labute approximate surface area is 216 Å². The summed E-state index contributed by atoms with van der Waals surface area (Å²) in [5.74, 6) is -1.80. The van der Waals surface area contributed by atoms with Crippen LogP contribution >= 0.6 is 0 Å². The smallest absolute Gasteiger partial charge is 0.257 e. The summed E-state index contributed by atoms with van der Waals surface area (Å²) in [4.78, 5) is 30.1. The molecule has 1 aliphatic rings. The fourth-order valence-electron chi connectivity index (χ4n) is 4.66. The first-order chi connectivity index (χ1) is 17.9. The van der Waals surface area contributed by atoms with Gasteiger partial charge in [-0.2, -0.15) is 0 Å². The third-order valence-electron chi connectivity index (χ3n) is 6.72. The number of halogens is 2. The largest absolute Gasteiger partial charge is 0.491 e. The maximum atomic E-state index is 14.7. The number of hydrogen-bond acceptors (Lipinski definition) is 3. The molecule has 0 fully saturated rings. The normalized spacial score (nSPS) is 17.5. The van der Waals surface area contributed by atoms with Crippen molar-refractivity contribution >= 4 is 11.8 Å². The minimum absolute atomic E-state index is 0.109. The molecule has 1 atom stereocenters. The molecule has 0 spiro atoms. The lowest BCUT2D eigenvalue weighted by atomic mass is 10.0. The number of benzene rings is 3. The lowest BCUT2D eigenvalue weighted by Crippen LogP contribution is -2.46. The van der Waals surface area contributed by atoms with E-state index in [1.807, 2.05) is 30.3 Å². The SMILES string of the molecule is CN1CCCCCCN(C(=O)c2ccc(F)cc2F)[C@H](Cc2ccccc2)COc2ccccc2C1=O. The van der Waals surface area contributed by atoms with E-state index in [0.717, 1.165) is 37.0 Å². The molecule has 0 bridgehead atoms. The van der Waals surface area contributed by atoms with E-state index in [2.05, 4.69) is 0 Å². The van der Waals surface area contributed by atoms with Crippen LogP contribution in [0.5, 0.6) is 5.75 Å². The molecule has 37 heavy (non-hydrogen) atoms. The lowest BCUT2D eigenvalue weighted by Gasteiger charge is -2.33. The molecule has 3 aromatic rings. The van der Waals surface area contributed by atoms with Crippen LogP contribution in [-0.2, 0) is 6.42 Å². The van der Waals surface area contributed by atoms with Crippen molar-refractivity contribution in [2.45, 2.75) is 38.1 Å². The molecular formula is C30H32F2N2O3. The van der Waals surface area contributed by atoms with Gasteiger partial charge in [-0.1, -0.05) is 55.3 Å². The molecule has 1 aliphatic heterocycles. The fourth-order valence-corrected chi connectivity index (χ4v) is 4.66. The van der Waals surface area contributed by atoms with E-state index < -0.39 is 23.6 Å². The summed E-state index contributed by atoms with van der Waals surface area (Å²) in [5.41, 5.74) is 1.29. The molecule has 0 radical (unpaired) electrons. The second-order valence-corrected chi connectivity index (χ2v) is 9.41. The Kier molecular flexibility index (Phi) is 8.88. The summed E-state index contributed by atoms with van der Waals surface area (Å²) >= 11 is 0. The molecule has 5 nitrogen and oxygen atoms in total. The molecule has 1 heterocycles. The Hall–Kier alpha value is -3.74. The van der Waals surface area contributed by atoms with Gasteiger partial charge >= 0.3 is 0 Å². The molecule has 0 aliphatic carbocycles. The molecule has 0 saturated heterocycles. The van der Waals surface area contributed by atoms with Gasteiger partial charge in [0.25, 0.3) is 11.8 Å². The zero-order valence-electron chi connectivity index (χ0n) is 21.0. The second-order valence-electron chi connectivity index (χ2n) is 9.41. The number of para-hydroxylation sites is 1. The summed E-state index contributed by atoms with van der Waals surface area (Å²) in [6.07, 6.45) is 3.78. The number of nitrogens with zero attached hydrogens (tertiary/aromatic N) is 2. The van der Waals surface area contributed by atoms with E-state index >= 15 is 0 Å². The van der Waals surface area contributed by atoms with Gasteiger partial charge in [0.2, 0.25) is 0 Å². The van der Waals surface area contributed by atoms with Crippen LogP contribution in [0.25, 0.3) is 0 Å². The summed E-state index contributed by atoms with van der Waals surface area (Å²) in [7, 11) is 1.79. The second kappa shape index (κ2) is 12.5. The predicted octanol–water partition coefficient (Wildman–Crippen LogP) is 5.74. The van der Waals surface area contributed by atoms with Crippen LogP contribution in [-0.4, -0.2) is 54.4 Å². The topological polar surface area (TPSA) is 49.9 Å². The highest BCUT2D eigenvalue weighted by molar-refractivity contribution is 5.97. The lowest BCUT2D eigenvalue weighted by molar-refractivity contribution is 0.0595. The van der Waals surface area contributed by atoms with E-state index in [0.29, 0.717) is 37.2 Å². The predicted molar refractivity (Wildman–Crippen MR) is 139 cm³/mol. The van der Waals surface area contributed by atoms with Crippen LogP contribution in [0, 0.1) is 11.6 Å². The summed E-state index contributed by atoms with van der Waals surface area (Å²) in [6, 6.07) is 19.4. The number of hydrogen-bond donors (Lipinski definition) is 0. The molecule has 0 unspecified atom stereocenters. The van der Waals surface area contributed by atoms with Gasteiger partial charge in [-0.3, -0.25) is 9.59 Å². The van der Waals surface area contributed by atoms with Gasteiger partial charge in [-0.05, 0) is 49.1 Å². The van der Waals surface area contributed by atoms with Gasteiger partial charge in [0.1, 0.15) is 24.0 Å². The first-order valence-corrected chi connectivity index (χ1v) is 12.7. The monoisotopic (exact) mass is 506 g/mol. The fraction of sp³-hybridized carbons (Fsp3) is 0.333. The number of carbonyl (C=O) groups is 2. The van der Waals surface area contributed by atoms with Gasteiger partial charge < -0.3 is 14.5 Å². The molecule has 4 rings (SSSR count). The summed E-state index contributed by atoms with van der Waals surface area (Å²) in [5, 5.41) is 0. The minimum atomic E-state index is -0.886. The number of rotatable bonds is 3. The maximum Gasteiger partial charge on any atom is 0.257 e. The average molecular weight is 507 g/mol. The van der Waals surface area contributed by atoms with E-state index in [9.17, 15) is 18.4 Å². The zero-order valence-corrected chi connectivity index (χ0v) is 21.0. The van der Waals surface area contributed by atoms with Crippen molar-refractivity contribution < 1.29 is 23.1 Å². The molecular weight excluding hydrogens is 474 g/mol. The van der Waals surface area contributed by atoms with Gasteiger partial charge in [0.15, 0.2) is 0 Å². The summed E-state index contributed by atoms with van der Waals surface area (Å²) < 4.78 is 34.5. The van der Waals surface area contributed by atoms with Crippen LogP contribution in [0.15, 0.2) is 72.8 Å². The molecule has 0 N–H and O–H groups in total. The molecule has 3 aromatic carbocycles.